The minimum atomic E-state index is 0.335. The molecule has 0 aliphatic rings. The lowest BCUT2D eigenvalue weighted by Gasteiger charge is -2.16. The molecular formula is C17H20INO2. The molecule has 0 bridgehead atoms. The van der Waals surface area contributed by atoms with Gasteiger partial charge in [0, 0.05) is 15.3 Å². The molecule has 0 saturated carbocycles. The zero-order chi connectivity index (χ0) is 15.2. The molecule has 0 aromatic heterocycles. The molecule has 0 saturated heterocycles. The van der Waals surface area contributed by atoms with E-state index >= 15 is 0 Å². The monoisotopic (exact) mass is 397 g/mol. The van der Waals surface area contributed by atoms with Gasteiger partial charge in [-0.05, 0) is 71.8 Å². The van der Waals surface area contributed by atoms with Crippen molar-refractivity contribution in [2.45, 2.75) is 19.4 Å². The second kappa shape index (κ2) is 7.54. The second-order valence-electron chi connectivity index (χ2n) is 4.95. The Morgan fingerprint density at radius 3 is 2.48 bits per heavy atom. The van der Waals surface area contributed by atoms with Crippen LogP contribution in [0.1, 0.15) is 12.5 Å². The van der Waals surface area contributed by atoms with Crippen molar-refractivity contribution in [2.75, 3.05) is 19.5 Å². The maximum Gasteiger partial charge on any atom is 0.160 e. The lowest BCUT2D eigenvalue weighted by molar-refractivity contribution is 0.354. The van der Waals surface area contributed by atoms with Crippen LogP contribution in [0.4, 0.5) is 5.69 Å². The van der Waals surface area contributed by atoms with Gasteiger partial charge < -0.3 is 14.8 Å². The normalized spacial score (nSPS) is 11.8. The van der Waals surface area contributed by atoms with Crippen molar-refractivity contribution in [1.82, 2.24) is 0 Å². The Labute approximate surface area is 139 Å². The molecule has 2 aromatic carbocycles. The summed E-state index contributed by atoms with van der Waals surface area (Å²) in [4.78, 5) is 0. The summed E-state index contributed by atoms with van der Waals surface area (Å²) in [6, 6.07) is 14.8. The summed E-state index contributed by atoms with van der Waals surface area (Å²) in [7, 11) is 3.31. The van der Waals surface area contributed by atoms with Gasteiger partial charge in [0.05, 0.1) is 14.2 Å². The van der Waals surface area contributed by atoms with Gasteiger partial charge in [0.25, 0.3) is 0 Å². The van der Waals surface area contributed by atoms with Crippen LogP contribution < -0.4 is 14.8 Å². The highest BCUT2D eigenvalue weighted by Crippen LogP contribution is 2.28. The highest BCUT2D eigenvalue weighted by atomic mass is 127. The third-order valence-electron chi connectivity index (χ3n) is 3.23. The number of benzene rings is 2. The quantitative estimate of drug-likeness (QED) is 0.736. The van der Waals surface area contributed by atoms with E-state index in [-0.39, 0.29) is 0 Å². The van der Waals surface area contributed by atoms with Crippen LogP contribution in [0.3, 0.4) is 0 Å². The van der Waals surface area contributed by atoms with E-state index in [4.69, 9.17) is 9.47 Å². The molecule has 1 N–H and O–H groups in total. The van der Waals surface area contributed by atoms with Crippen LogP contribution in [0.25, 0.3) is 0 Å². The van der Waals surface area contributed by atoms with Gasteiger partial charge in [-0.25, -0.2) is 0 Å². The van der Waals surface area contributed by atoms with E-state index in [1.807, 2.05) is 12.1 Å². The minimum absolute atomic E-state index is 0.335. The fraction of sp³-hybridized carbons (Fsp3) is 0.294. The predicted molar refractivity (Wildman–Crippen MR) is 95.5 cm³/mol. The predicted octanol–water partition coefficient (Wildman–Crippen LogP) is 4.35. The highest BCUT2D eigenvalue weighted by Gasteiger charge is 2.08. The number of methoxy groups -OCH3 is 2. The molecule has 0 radical (unpaired) electrons. The number of anilines is 1. The van der Waals surface area contributed by atoms with Crippen LogP contribution in [0.15, 0.2) is 42.5 Å². The number of ether oxygens (including phenoxy) is 2. The van der Waals surface area contributed by atoms with E-state index in [2.05, 4.69) is 65.2 Å². The first-order chi connectivity index (χ1) is 10.1. The van der Waals surface area contributed by atoms with Gasteiger partial charge in [0.15, 0.2) is 11.5 Å². The molecule has 2 aromatic rings. The van der Waals surface area contributed by atoms with Crippen LogP contribution >= 0.6 is 22.6 Å². The SMILES string of the molecule is COc1ccc(CC(C)Nc2cccc(I)c2)cc1OC. The molecule has 4 heteroatoms. The summed E-state index contributed by atoms with van der Waals surface area (Å²) in [6.07, 6.45) is 0.922. The zero-order valence-corrected chi connectivity index (χ0v) is 14.7. The largest absolute Gasteiger partial charge is 0.493 e. The van der Waals surface area contributed by atoms with Crippen LogP contribution in [0.5, 0.6) is 11.5 Å². The Balaban J connectivity index is 2.04. The van der Waals surface area contributed by atoms with Crippen molar-refractivity contribution in [3.05, 3.63) is 51.6 Å². The molecule has 0 amide bonds. The Morgan fingerprint density at radius 1 is 1.05 bits per heavy atom. The van der Waals surface area contributed by atoms with Crippen LogP contribution in [0, 0.1) is 3.57 Å². The van der Waals surface area contributed by atoms with E-state index in [0.717, 1.165) is 23.6 Å². The Hall–Kier alpha value is -1.43. The average Bonchev–Trinajstić information content (AvgIpc) is 2.47. The van der Waals surface area contributed by atoms with Gasteiger partial charge in [0.2, 0.25) is 0 Å². The first-order valence-electron chi connectivity index (χ1n) is 6.85. The Bertz CT molecular complexity index is 601. The first-order valence-corrected chi connectivity index (χ1v) is 7.93. The molecule has 0 aliphatic carbocycles. The van der Waals surface area contributed by atoms with Crippen molar-refractivity contribution in [1.29, 1.82) is 0 Å². The van der Waals surface area contributed by atoms with Crippen LogP contribution in [0.2, 0.25) is 0 Å². The van der Waals surface area contributed by atoms with Gasteiger partial charge in [-0.3, -0.25) is 0 Å². The molecule has 3 nitrogen and oxygen atoms in total. The van der Waals surface area contributed by atoms with Gasteiger partial charge in [-0.2, -0.15) is 0 Å². The molecule has 1 atom stereocenters. The maximum atomic E-state index is 5.35. The van der Waals surface area contributed by atoms with Gasteiger partial charge in [-0.1, -0.05) is 12.1 Å². The molecule has 0 spiro atoms. The third kappa shape index (κ3) is 4.52. The molecule has 112 valence electrons. The molecule has 1 unspecified atom stereocenters. The van der Waals surface area contributed by atoms with Crippen LogP contribution in [-0.4, -0.2) is 20.3 Å². The molecule has 0 heterocycles. The third-order valence-corrected chi connectivity index (χ3v) is 3.90. The molecule has 0 fully saturated rings. The molecule has 0 aliphatic heterocycles. The summed E-state index contributed by atoms with van der Waals surface area (Å²) in [5.74, 6) is 1.54. The van der Waals surface area contributed by atoms with E-state index in [1.54, 1.807) is 14.2 Å². The lowest BCUT2D eigenvalue weighted by Crippen LogP contribution is -2.18. The van der Waals surface area contributed by atoms with E-state index < -0.39 is 0 Å². The zero-order valence-electron chi connectivity index (χ0n) is 12.5. The number of hydrogen-bond donors (Lipinski definition) is 1. The summed E-state index contributed by atoms with van der Waals surface area (Å²) in [5.41, 5.74) is 2.37. The summed E-state index contributed by atoms with van der Waals surface area (Å²) in [5, 5.41) is 3.52. The number of hydrogen-bond acceptors (Lipinski definition) is 3. The topological polar surface area (TPSA) is 30.5 Å². The van der Waals surface area contributed by atoms with Crippen molar-refractivity contribution in [3.8, 4) is 11.5 Å². The first kappa shape index (κ1) is 15.9. The Kier molecular flexibility index (Phi) is 5.73. The van der Waals surface area contributed by atoms with Crippen molar-refractivity contribution in [2.24, 2.45) is 0 Å². The number of rotatable bonds is 6. The number of nitrogens with one attached hydrogen (secondary N) is 1. The van der Waals surface area contributed by atoms with Crippen molar-refractivity contribution in [3.63, 3.8) is 0 Å². The average molecular weight is 397 g/mol. The van der Waals surface area contributed by atoms with Crippen LogP contribution in [-0.2, 0) is 6.42 Å². The fourth-order valence-electron chi connectivity index (χ4n) is 2.27. The summed E-state index contributed by atoms with van der Waals surface area (Å²) < 4.78 is 11.8. The smallest absolute Gasteiger partial charge is 0.160 e. The van der Waals surface area contributed by atoms with E-state index in [9.17, 15) is 0 Å². The van der Waals surface area contributed by atoms with Crippen molar-refractivity contribution >= 4 is 28.3 Å². The lowest BCUT2D eigenvalue weighted by atomic mass is 10.1. The van der Waals surface area contributed by atoms with Crippen molar-refractivity contribution < 1.29 is 9.47 Å². The summed E-state index contributed by atoms with van der Waals surface area (Å²) in [6.45, 7) is 2.18. The van der Waals surface area contributed by atoms with Gasteiger partial charge in [-0.15, -0.1) is 0 Å². The van der Waals surface area contributed by atoms with Gasteiger partial charge in [0.1, 0.15) is 0 Å². The fourth-order valence-corrected chi connectivity index (χ4v) is 2.82. The standard InChI is InChI=1S/C17H20INO2/c1-12(19-15-6-4-5-14(18)11-15)9-13-7-8-16(20-2)17(10-13)21-3/h4-8,10-12,19H,9H2,1-3H3. The second-order valence-corrected chi connectivity index (χ2v) is 6.19. The number of halogens is 1. The molecule has 21 heavy (non-hydrogen) atoms. The van der Waals surface area contributed by atoms with E-state index in [1.165, 1.54) is 9.13 Å². The summed E-state index contributed by atoms with van der Waals surface area (Å²) >= 11 is 2.32. The molecular weight excluding hydrogens is 377 g/mol. The Morgan fingerprint density at radius 2 is 1.81 bits per heavy atom. The van der Waals surface area contributed by atoms with Gasteiger partial charge >= 0.3 is 0 Å². The van der Waals surface area contributed by atoms with E-state index in [0.29, 0.717) is 6.04 Å². The minimum Gasteiger partial charge on any atom is -0.493 e. The molecule has 2 rings (SSSR count). The highest BCUT2D eigenvalue weighted by molar-refractivity contribution is 14.1. The maximum absolute atomic E-state index is 5.35.